The van der Waals surface area contributed by atoms with Gasteiger partial charge < -0.3 is 14.2 Å². The molecule has 10 heteroatoms. The van der Waals surface area contributed by atoms with Gasteiger partial charge in [0.2, 0.25) is 5.91 Å². The first kappa shape index (κ1) is 21.6. The number of rotatable bonds is 4. The van der Waals surface area contributed by atoms with Crippen LogP contribution in [0.3, 0.4) is 0 Å². The third kappa shape index (κ3) is 4.36. The molecule has 0 bridgehead atoms. The molecule has 2 atom stereocenters. The van der Waals surface area contributed by atoms with Crippen molar-refractivity contribution in [2.45, 2.75) is 32.6 Å². The van der Waals surface area contributed by atoms with Crippen molar-refractivity contribution in [1.82, 2.24) is 18.1 Å². The Labute approximate surface area is 182 Å². The van der Waals surface area contributed by atoms with Gasteiger partial charge in [-0.2, -0.15) is 17.0 Å². The summed E-state index contributed by atoms with van der Waals surface area (Å²) < 4.78 is 36.5. The zero-order chi connectivity index (χ0) is 21.5. The Morgan fingerprint density at radius 1 is 1.07 bits per heavy atom. The summed E-state index contributed by atoms with van der Waals surface area (Å²) in [5.74, 6) is -0.0295. The number of nitrogens with zero attached hydrogens (tertiary/aromatic N) is 4. The van der Waals surface area contributed by atoms with Crippen molar-refractivity contribution >= 4 is 38.6 Å². The van der Waals surface area contributed by atoms with Crippen LogP contribution in [0.2, 0.25) is 5.02 Å². The molecule has 0 aliphatic carbocycles. The summed E-state index contributed by atoms with van der Waals surface area (Å²) in [6.07, 6.45) is 1.62. The number of ether oxygens (including phenoxy) is 1. The molecule has 0 N–H and O–H groups in total. The third-order valence-electron chi connectivity index (χ3n) is 5.67. The van der Waals surface area contributed by atoms with E-state index >= 15 is 0 Å². The number of carbonyl (C=O) groups is 1. The van der Waals surface area contributed by atoms with Gasteiger partial charge >= 0.3 is 0 Å². The highest BCUT2D eigenvalue weighted by atomic mass is 35.5. The lowest BCUT2D eigenvalue weighted by atomic mass is 10.2. The van der Waals surface area contributed by atoms with Crippen LogP contribution >= 0.6 is 11.6 Å². The first-order chi connectivity index (χ1) is 14.2. The summed E-state index contributed by atoms with van der Waals surface area (Å²) in [7, 11) is -3.55. The largest absolute Gasteiger partial charge is 0.373 e. The molecule has 8 nitrogen and oxygen atoms in total. The maximum absolute atomic E-state index is 13.0. The fourth-order valence-electron chi connectivity index (χ4n) is 4.19. The molecule has 2 aliphatic rings. The number of carbonyl (C=O) groups excluding carboxylic acids is 1. The Kier molecular flexibility index (Phi) is 6.09. The molecule has 0 saturated carbocycles. The first-order valence-corrected chi connectivity index (χ1v) is 11.9. The molecule has 2 fully saturated rings. The third-order valence-corrected chi connectivity index (χ3v) is 7.88. The Hall–Kier alpha value is -1.65. The SMILES string of the molecule is CC1CN(S(=O)(=O)N2CCN(C(=O)Cn3ccc4ccc(Cl)cc43)CC2)CC(C)O1. The number of fused-ring (bicyclic) bond motifs is 1. The van der Waals surface area contributed by atoms with E-state index in [0.717, 1.165) is 10.9 Å². The fourth-order valence-corrected chi connectivity index (χ4v) is 6.11. The van der Waals surface area contributed by atoms with Crippen LogP contribution in [-0.2, 0) is 26.3 Å². The number of hydrogen-bond donors (Lipinski definition) is 0. The highest BCUT2D eigenvalue weighted by Crippen LogP contribution is 2.22. The molecule has 0 spiro atoms. The summed E-state index contributed by atoms with van der Waals surface area (Å²) in [5, 5.41) is 1.65. The summed E-state index contributed by atoms with van der Waals surface area (Å²) in [4.78, 5) is 14.5. The number of hydrogen-bond acceptors (Lipinski definition) is 4. The zero-order valence-corrected chi connectivity index (χ0v) is 18.8. The van der Waals surface area contributed by atoms with Gasteiger partial charge in [0.05, 0.1) is 12.2 Å². The van der Waals surface area contributed by atoms with Crippen LogP contribution in [0.15, 0.2) is 30.5 Å². The van der Waals surface area contributed by atoms with Crippen molar-refractivity contribution in [3.05, 3.63) is 35.5 Å². The average Bonchev–Trinajstić information content (AvgIpc) is 3.09. The van der Waals surface area contributed by atoms with Gasteiger partial charge in [-0.05, 0) is 37.4 Å². The van der Waals surface area contributed by atoms with Crippen molar-refractivity contribution in [3.8, 4) is 0 Å². The van der Waals surface area contributed by atoms with Gasteiger partial charge in [0.15, 0.2) is 0 Å². The molecule has 4 rings (SSSR count). The highest BCUT2D eigenvalue weighted by Gasteiger charge is 2.37. The van der Waals surface area contributed by atoms with E-state index in [1.165, 1.54) is 8.61 Å². The number of aromatic nitrogens is 1. The van der Waals surface area contributed by atoms with Crippen molar-refractivity contribution in [1.29, 1.82) is 0 Å². The molecule has 2 saturated heterocycles. The van der Waals surface area contributed by atoms with Gasteiger partial charge in [-0.25, -0.2) is 0 Å². The fraction of sp³-hybridized carbons (Fsp3) is 0.550. The molecule has 1 aromatic heterocycles. The van der Waals surface area contributed by atoms with E-state index in [1.807, 2.05) is 48.9 Å². The lowest BCUT2D eigenvalue weighted by Gasteiger charge is -2.40. The number of amides is 1. The van der Waals surface area contributed by atoms with Crippen LogP contribution in [-0.4, -0.2) is 83.9 Å². The molecule has 0 radical (unpaired) electrons. The number of halogens is 1. The standard InChI is InChI=1S/C20H27ClN4O4S/c1-15-12-25(13-16(2)29-15)30(27,28)24-9-7-22(8-10-24)20(26)14-23-6-5-17-3-4-18(21)11-19(17)23/h3-6,11,15-16H,7-10,12-14H2,1-2H3. The molecule has 1 aromatic carbocycles. The predicted octanol–water partition coefficient (Wildman–Crippen LogP) is 1.79. The van der Waals surface area contributed by atoms with Crippen molar-refractivity contribution in [2.24, 2.45) is 0 Å². The quantitative estimate of drug-likeness (QED) is 0.706. The second kappa shape index (κ2) is 8.47. The Bertz CT molecular complexity index is 1020. The minimum absolute atomic E-state index is 0.0295. The van der Waals surface area contributed by atoms with Crippen LogP contribution in [0.5, 0.6) is 0 Å². The summed E-state index contributed by atoms with van der Waals surface area (Å²) >= 11 is 6.09. The Balaban J connectivity index is 1.38. The highest BCUT2D eigenvalue weighted by molar-refractivity contribution is 7.86. The van der Waals surface area contributed by atoms with E-state index in [-0.39, 0.29) is 24.7 Å². The zero-order valence-electron chi connectivity index (χ0n) is 17.2. The minimum Gasteiger partial charge on any atom is -0.373 e. The monoisotopic (exact) mass is 454 g/mol. The number of piperazine rings is 1. The molecular weight excluding hydrogens is 428 g/mol. The van der Waals surface area contributed by atoms with E-state index in [1.54, 1.807) is 4.90 Å². The topological polar surface area (TPSA) is 75.1 Å². The summed E-state index contributed by atoms with van der Waals surface area (Å²) in [6, 6.07) is 7.55. The van der Waals surface area contributed by atoms with E-state index in [4.69, 9.17) is 16.3 Å². The molecule has 3 heterocycles. The van der Waals surface area contributed by atoms with Gasteiger partial charge in [0.1, 0.15) is 6.54 Å². The Morgan fingerprint density at radius 3 is 2.40 bits per heavy atom. The molecule has 2 aromatic rings. The Morgan fingerprint density at radius 2 is 1.73 bits per heavy atom. The van der Waals surface area contributed by atoms with Crippen LogP contribution in [0.25, 0.3) is 10.9 Å². The maximum atomic E-state index is 13.0. The van der Waals surface area contributed by atoms with Gasteiger partial charge in [0.25, 0.3) is 10.2 Å². The van der Waals surface area contributed by atoms with E-state index in [9.17, 15) is 13.2 Å². The van der Waals surface area contributed by atoms with E-state index in [0.29, 0.717) is 44.3 Å². The molecule has 2 aliphatic heterocycles. The second-order valence-electron chi connectivity index (χ2n) is 8.01. The lowest BCUT2D eigenvalue weighted by Crippen LogP contribution is -2.57. The minimum atomic E-state index is -3.55. The van der Waals surface area contributed by atoms with Crippen molar-refractivity contribution in [3.63, 3.8) is 0 Å². The van der Waals surface area contributed by atoms with Crippen molar-refractivity contribution in [2.75, 3.05) is 39.3 Å². The van der Waals surface area contributed by atoms with E-state index < -0.39 is 10.2 Å². The van der Waals surface area contributed by atoms with E-state index in [2.05, 4.69) is 0 Å². The van der Waals surface area contributed by atoms with Gasteiger partial charge in [-0.1, -0.05) is 17.7 Å². The average molecular weight is 455 g/mol. The van der Waals surface area contributed by atoms with Crippen LogP contribution in [0.1, 0.15) is 13.8 Å². The summed E-state index contributed by atoms with van der Waals surface area (Å²) in [6.45, 7) is 6.04. The lowest BCUT2D eigenvalue weighted by molar-refractivity contribution is -0.133. The van der Waals surface area contributed by atoms with Gasteiger partial charge in [-0.15, -0.1) is 0 Å². The van der Waals surface area contributed by atoms with Gasteiger partial charge in [0, 0.05) is 56.0 Å². The smallest absolute Gasteiger partial charge is 0.282 e. The molecule has 2 unspecified atom stereocenters. The van der Waals surface area contributed by atoms with Crippen LogP contribution in [0.4, 0.5) is 0 Å². The molecule has 1 amide bonds. The first-order valence-electron chi connectivity index (χ1n) is 10.2. The van der Waals surface area contributed by atoms with Crippen molar-refractivity contribution < 1.29 is 17.9 Å². The molecular formula is C20H27ClN4O4S. The van der Waals surface area contributed by atoms with Crippen LogP contribution < -0.4 is 0 Å². The maximum Gasteiger partial charge on any atom is 0.282 e. The predicted molar refractivity (Wildman–Crippen MR) is 116 cm³/mol. The van der Waals surface area contributed by atoms with Gasteiger partial charge in [-0.3, -0.25) is 4.79 Å². The normalized spacial score (nSPS) is 24.4. The second-order valence-corrected chi connectivity index (χ2v) is 10.4. The molecule has 30 heavy (non-hydrogen) atoms. The van der Waals surface area contributed by atoms with Crippen LogP contribution in [0, 0.1) is 0 Å². The molecule has 164 valence electrons. The number of benzene rings is 1. The summed E-state index contributed by atoms with van der Waals surface area (Å²) in [5.41, 5.74) is 0.910. The number of morpholine rings is 1.